The summed E-state index contributed by atoms with van der Waals surface area (Å²) in [5.74, 6) is 0.137. The van der Waals surface area contributed by atoms with Crippen molar-refractivity contribution in [3.63, 3.8) is 0 Å². The second kappa shape index (κ2) is 8.54. The minimum absolute atomic E-state index is 0.126. The number of amides is 2. The fourth-order valence-corrected chi connectivity index (χ4v) is 3.61. The summed E-state index contributed by atoms with van der Waals surface area (Å²) in [6, 6.07) is 13.3. The van der Waals surface area contributed by atoms with Crippen molar-refractivity contribution in [2.75, 3.05) is 31.5 Å². The van der Waals surface area contributed by atoms with Crippen molar-refractivity contribution < 1.29 is 14.0 Å². The number of nitrogens with one attached hydrogen (secondary N) is 1. The zero-order chi connectivity index (χ0) is 21.1. The van der Waals surface area contributed by atoms with Crippen molar-refractivity contribution in [3.8, 4) is 0 Å². The highest BCUT2D eigenvalue weighted by Gasteiger charge is 2.25. The molecule has 0 unspecified atom stereocenters. The first kappa shape index (κ1) is 19.9. The van der Waals surface area contributed by atoms with Crippen LogP contribution in [0.3, 0.4) is 0 Å². The molecule has 3 heterocycles. The summed E-state index contributed by atoms with van der Waals surface area (Å²) in [6.45, 7) is 5.91. The van der Waals surface area contributed by atoms with Crippen molar-refractivity contribution in [3.05, 3.63) is 71.3 Å². The van der Waals surface area contributed by atoms with Crippen LogP contribution >= 0.6 is 0 Å². The van der Waals surface area contributed by atoms with Gasteiger partial charge in [-0.1, -0.05) is 29.8 Å². The molecular weight excluding hydrogens is 382 g/mol. The molecule has 3 aromatic rings. The summed E-state index contributed by atoms with van der Waals surface area (Å²) in [5, 5.41) is 7.00. The van der Waals surface area contributed by atoms with Gasteiger partial charge in [-0.05, 0) is 24.6 Å². The number of carbonyl (C=O) groups is 2. The third-order valence-electron chi connectivity index (χ3n) is 5.23. The van der Waals surface area contributed by atoms with Crippen LogP contribution in [0.1, 0.15) is 32.2 Å². The molecule has 0 saturated carbocycles. The lowest BCUT2D eigenvalue weighted by Crippen LogP contribution is -2.48. The second-order valence-corrected chi connectivity index (χ2v) is 7.53. The molecule has 0 aliphatic carbocycles. The van der Waals surface area contributed by atoms with Gasteiger partial charge in [0.2, 0.25) is 0 Å². The maximum Gasteiger partial charge on any atom is 0.292 e. The Morgan fingerprint density at radius 3 is 2.60 bits per heavy atom. The molecule has 0 spiro atoms. The Bertz CT molecular complexity index is 1030. The summed E-state index contributed by atoms with van der Waals surface area (Å²) >= 11 is 0. The standard InChI is InChI=1S/C22H25N5O3/c1-16-5-3-6-17(13-16)15-26-8-10-27(11-9-26)22(29)18-14-20(25(2)24-18)23-21(28)19-7-4-12-30-19/h3-7,12-14H,8-11,15H2,1-2H3,(H,23,28). The molecule has 0 bridgehead atoms. The van der Waals surface area contributed by atoms with Crippen LogP contribution in [0.5, 0.6) is 0 Å². The van der Waals surface area contributed by atoms with Gasteiger partial charge in [-0.25, -0.2) is 0 Å². The van der Waals surface area contributed by atoms with Crippen LogP contribution in [0.4, 0.5) is 5.82 Å². The lowest BCUT2D eigenvalue weighted by atomic mass is 10.1. The Morgan fingerprint density at radius 2 is 1.90 bits per heavy atom. The third-order valence-corrected chi connectivity index (χ3v) is 5.23. The van der Waals surface area contributed by atoms with Gasteiger partial charge < -0.3 is 14.6 Å². The zero-order valence-electron chi connectivity index (χ0n) is 17.2. The van der Waals surface area contributed by atoms with Crippen molar-refractivity contribution in [1.29, 1.82) is 0 Å². The smallest absolute Gasteiger partial charge is 0.292 e. The minimum atomic E-state index is -0.383. The fraction of sp³-hybridized carbons (Fsp3) is 0.318. The Labute approximate surface area is 175 Å². The highest BCUT2D eigenvalue weighted by molar-refractivity contribution is 6.02. The average Bonchev–Trinajstić information content (AvgIpc) is 3.39. The minimum Gasteiger partial charge on any atom is -0.459 e. The Hall–Kier alpha value is -3.39. The molecular formula is C22H25N5O3. The molecule has 1 saturated heterocycles. The molecule has 1 aliphatic rings. The molecule has 0 atom stereocenters. The molecule has 2 aromatic heterocycles. The monoisotopic (exact) mass is 407 g/mol. The molecule has 1 aliphatic heterocycles. The van der Waals surface area contributed by atoms with Gasteiger partial charge in [0.25, 0.3) is 11.8 Å². The van der Waals surface area contributed by atoms with Gasteiger partial charge in [0.1, 0.15) is 5.82 Å². The maximum absolute atomic E-state index is 12.9. The zero-order valence-corrected chi connectivity index (χ0v) is 17.2. The average molecular weight is 407 g/mol. The first-order valence-electron chi connectivity index (χ1n) is 9.95. The van der Waals surface area contributed by atoms with E-state index in [1.165, 1.54) is 22.1 Å². The maximum atomic E-state index is 12.9. The van der Waals surface area contributed by atoms with Crippen molar-refractivity contribution in [1.82, 2.24) is 19.6 Å². The quantitative estimate of drug-likeness (QED) is 0.703. The first-order chi connectivity index (χ1) is 14.5. The van der Waals surface area contributed by atoms with Crippen LogP contribution < -0.4 is 5.32 Å². The Kier molecular flexibility index (Phi) is 5.67. The van der Waals surface area contributed by atoms with Gasteiger partial charge in [-0.2, -0.15) is 5.10 Å². The molecule has 30 heavy (non-hydrogen) atoms. The van der Waals surface area contributed by atoms with E-state index in [0.29, 0.717) is 24.6 Å². The Balaban J connectivity index is 1.34. The Morgan fingerprint density at radius 1 is 1.10 bits per heavy atom. The SMILES string of the molecule is Cc1cccc(CN2CCN(C(=O)c3cc(NC(=O)c4ccco4)n(C)n3)CC2)c1. The van der Waals surface area contributed by atoms with E-state index >= 15 is 0 Å². The van der Waals surface area contributed by atoms with E-state index in [4.69, 9.17) is 4.42 Å². The number of nitrogens with zero attached hydrogens (tertiary/aromatic N) is 4. The molecule has 1 fully saturated rings. The van der Waals surface area contributed by atoms with Crippen molar-refractivity contribution in [2.24, 2.45) is 7.05 Å². The summed E-state index contributed by atoms with van der Waals surface area (Å²) in [5.41, 5.74) is 2.86. The van der Waals surface area contributed by atoms with E-state index < -0.39 is 0 Å². The van der Waals surface area contributed by atoms with E-state index in [-0.39, 0.29) is 17.6 Å². The van der Waals surface area contributed by atoms with Gasteiger partial charge in [0.15, 0.2) is 11.5 Å². The number of hydrogen-bond donors (Lipinski definition) is 1. The van der Waals surface area contributed by atoms with Gasteiger partial charge in [0.05, 0.1) is 6.26 Å². The molecule has 0 radical (unpaired) electrons. The number of benzene rings is 1. The predicted octanol–water partition coefficient (Wildman–Crippen LogP) is 2.53. The van der Waals surface area contributed by atoms with E-state index in [1.54, 1.807) is 25.2 Å². The highest BCUT2D eigenvalue weighted by Crippen LogP contribution is 2.16. The molecule has 8 nitrogen and oxygen atoms in total. The third kappa shape index (κ3) is 4.44. The topological polar surface area (TPSA) is 83.6 Å². The largest absolute Gasteiger partial charge is 0.459 e. The van der Waals surface area contributed by atoms with Gasteiger partial charge in [-0.3, -0.25) is 19.2 Å². The number of aryl methyl sites for hydroxylation is 2. The molecule has 2 amide bonds. The van der Waals surface area contributed by atoms with Gasteiger partial charge >= 0.3 is 0 Å². The first-order valence-corrected chi connectivity index (χ1v) is 9.95. The van der Waals surface area contributed by atoms with E-state index in [1.807, 2.05) is 4.90 Å². The van der Waals surface area contributed by atoms with Crippen LogP contribution in [0.25, 0.3) is 0 Å². The molecule has 1 N–H and O–H groups in total. The molecule has 8 heteroatoms. The number of furan rings is 1. The number of hydrogen-bond acceptors (Lipinski definition) is 5. The summed E-state index contributed by atoms with van der Waals surface area (Å²) in [6.07, 6.45) is 1.44. The van der Waals surface area contributed by atoms with Crippen LogP contribution in [0.2, 0.25) is 0 Å². The number of rotatable bonds is 5. The number of carbonyl (C=O) groups excluding carboxylic acids is 2. The predicted molar refractivity (Wildman–Crippen MR) is 112 cm³/mol. The summed E-state index contributed by atoms with van der Waals surface area (Å²) < 4.78 is 6.58. The van der Waals surface area contributed by atoms with Gasteiger partial charge in [-0.15, -0.1) is 0 Å². The van der Waals surface area contributed by atoms with E-state index in [9.17, 15) is 9.59 Å². The van der Waals surface area contributed by atoms with E-state index in [0.717, 1.165) is 19.6 Å². The van der Waals surface area contributed by atoms with Gasteiger partial charge in [0, 0.05) is 45.8 Å². The summed E-state index contributed by atoms with van der Waals surface area (Å²) in [4.78, 5) is 29.2. The lowest BCUT2D eigenvalue weighted by Gasteiger charge is -2.34. The lowest BCUT2D eigenvalue weighted by molar-refractivity contribution is 0.0622. The number of aromatic nitrogens is 2. The molecule has 4 rings (SSSR count). The normalized spacial score (nSPS) is 14.7. The van der Waals surface area contributed by atoms with Crippen LogP contribution in [-0.2, 0) is 13.6 Å². The second-order valence-electron chi connectivity index (χ2n) is 7.53. The van der Waals surface area contributed by atoms with Crippen molar-refractivity contribution in [2.45, 2.75) is 13.5 Å². The van der Waals surface area contributed by atoms with Crippen LogP contribution in [-0.4, -0.2) is 57.6 Å². The van der Waals surface area contributed by atoms with Crippen LogP contribution in [0.15, 0.2) is 53.1 Å². The number of piperazine rings is 1. The fourth-order valence-electron chi connectivity index (χ4n) is 3.61. The molecule has 156 valence electrons. The highest BCUT2D eigenvalue weighted by atomic mass is 16.3. The van der Waals surface area contributed by atoms with Crippen molar-refractivity contribution >= 4 is 17.6 Å². The number of anilines is 1. The molecule has 1 aromatic carbocycles. The summed E-state index contributed by atoms with van der Waals surface area (Å²) in [7, 11) is 1.69. The van der Waals surface area contributed by atoms with Crippen LogP contribution in [0, 0.1) is 6.92 Å². The van der Waals surface area contributed by atoms with E-state index in [2.05, 4.69) is 46.5 Å².